The van der Waals surface area contributed by atoms with E-state index in [2.05, 4.69) is 42.5 Å². The minimum absolute atomic E-state index is 0.0225. The zero-order chi connectivity index (χ0) is 19.9. The Bertz CT molecular complexity index is 729. The molecule has 0 saturated heterocycles. The Morgan fingerprint density at radius 3 is 2.48 bits per heavy atom. The minimum atomic E-state index is -1.14. The molecule has 2 atom stereocenters. The highest BCUT2D eigenvalue weighted by Gasteiger charge is 2.21. The number of carbonyl (C=O) groups is 1. The van der Waals surface area contributed by atoms with Gasteiger partial charge in [0.15, 0.2) is 0 Å². The summed E-state index contributed by atoms with van der Waals surface area (Å²) < 4.78 is 0. The molecule has 1 unspecified atom stereocenters. The fourth-order valence-corrected chi connectivity index (χ4v) is 2.81. The van der Waals surface area contributed by atoms with E-state index in [-0.39, 0.29) is 12.0 Å². The van der Waals surface area contributed by atoms with Gasteiger partial charge in [0.25, 0.3) is 0 Å². The number of aliphatic hydroxyl groups is 1. The van der Waals surface area contributed by atoms with Gasteiger partial charge in [-0.05, 0) is 28.5 Å². The molecule has 1 heterocycles. The van der Waals surface area contributed by atoms with E-state index in [0.29, 0.717) is 13.0 Å². The van der Waals surface area contributed by atoms with Crippen molar-refractivity contribution in [3.63, 3.8) is 0 Å². The molecule has 27 heavy (non-hydrogen) atoms. The predicted octanol–water partition coefficient (Wildman–Crippen LogP) is 2.71. The first kappa shape index (κ1) is 20.9. The van der Waals surface area contributed by atoms with Gasteiger partial charge in [-0.3, -0.25) is 4.98 Å². The highest BCUT2D eigenvalue weighted by atomic mass is 16.4. The van der Waals surface area contributed by atoms with Crippen LogP contribution in [0.1, 0.15) is 37.5 Å². The quantitative estimate of drug-likeness (QED) is 0.572. The number of amides is 1. The molecule has 1 aromatic heterocycles. The Balaban J connectivity index is 1.93. The second kappa shape index (κ2) is 9.48. The molecule has 0 spiro atoms. The van der Waals surface area contributed by atoms with E-state index in [4.69, 9.17) is 5.11 Å². The van der Waals surface area contributed by atoms with Gasteiger partial charge in [-0.25, -0.2) is 4.79 Å². The Hall–Kier alpha value is -2.44. The zero-order valence-corrected chi connectivity index (χ0v) is 16.1. The maximum absolute atomic E-state index is 11.1. The number of carboxylic acid groups (broad SMARTS) is 1. The molecule has 2 rings (SSSR count). The van der Waals surface area contributed by atoms with E-state index in [1.54, 1.807) is 6.20 Å². The number of pyridine rings is 1. The van der Waals surface area contributed by atoms with Gasteiger partial charge in [0, 0.05) is 25.5 Å². The number of hydrogen-bond donors (Lipinski definition) is 4. The third-order valence-electron chi connectivity index (χ3n) is 4.42. The summed E-state index contributed by atoms with van der Waals surface area (Å²) in [4.78, 5) is 15.4. The van der Waals surface area contributed by atoms with Crippen molar-refractivity contribution >= 4 is 6.09 Å². The van der Waals surface area contributed by atoms with Crippen molar-refractivity contribution in [1.29, 1.82) is 0 Å². The molecule has 6 nitrogen and oxygen atoms in total. The monoisotopic (exact) mass is 371 g/mol. The van der Waals surface area contributed by atoms with Crippen molar-refractivity contribution in [2.75, 3.05) is 6.54 Å². The van der Waals surface area contributed by atoms with Crippen LogP contribution in [0.2, 0.25) is 0 Å². The van der Waals surface area contributed by atoms with Gasteiger partial charge in [-0.2, -0.15) is 0 Å². The predicted molar refractivity (Wildman–Crippen MR) is 106 cm³/mol. The molecular weight excluding hydrogens is 342 g/mol. The molecule has 146 valence electrons. The van der Waals surface area contributed by atoms with E-state index < -0.39 is 18.2 Å². The summed E-state index contributed by atoms with van der Waals surface area (Å²) in [6, 6.07) is 11.0. The fourth-order valence-electron chi connectivity index (χ4n) is 2.81. The molecular formula is C21H29N3O3. The van der Waals surface area contributed by atoms with Gasteiger partial charge < -0.3 is 20.8 Å². The number of nitrogens with zero attached hydrogens (tertiary/aromatic N) is 1. The van der Waals surface area contributed by atoms with Gasteiger partial charge in [0.2, 0.25) is 0 Å². The number of aromatic nitrogens is 1. The topological polar surface area (TPSA) is 94.5 Å². The molecule has 0 radical (unpaired) electrons. The Morgan fingerprint density at radius 2 is 1.85 bits per heavy atom. The van der Waals surface area contributed by atoms with Crippen molar-refractivity contribution in [3.8, 4) is 0 Å². The molecule has 6 heteroatoms. The first-order valence-electron chi connectivity index (χ1n) is 9.12. The minimum Gasteiger partial charge on any atom is -0.465 e. The van der Waals surface area contributed by atoms with Crippen LogP contribution in [0.4, 0.5) is 4.79 Å². The zero-order valence-electron chi connectivity index (χ0n) is 16.1. The average molecular weight is 371 g/mol. The maximum atomic E-state index is 11.1. The highest BCUT2D eigenvalue weighted by molar-refractivity contribution is 5.65. The van der Waals surface area contributed by atoms with Gasteiger partial charge in [0.05, 0.1) is 12.1 Å². The van der Waals surface area contributed by atoms with Gasteiger partial charge in [-0.1, -0.05) is 57.2 Å². The summed E-state index contributed by atoms with van der Waals surface area (Å²) in [5, 5.41) is 25.2. The molecule has 0 aliphatic carbocycles. The standard InChI is InChI=1S/C21H29N3O3/c1-21(2,3)17-9-16(11-22-13-17)12-23-14-19(25)18(24-20(26)27)10-15-7-5-4-6-8-15/h4-9,11,13,18-19,23-25H,10,12,14H2,1-3H3,(H,26,27)/t18?,19-/m1/s1. The van der Waals surface area contributed by atoms with E-state index in [1.807, 2.05) is 36.5 Å². The largest absolute Gasteiger partial charge is 0.465 e. The van der Waals surface area contributed by atoms with Crippen LogP contribution in [0.5, 0.6) is 0 Å². The van der Waals surface area contributed by atoms with Crippen LogP contribution in [0.3, 0.4) is 0 Å². The highest BCUT2D eigenvalue weighted by Crippen LogP contribution is 2.21. The molecule has 4 N–H and O–H groups in total. The number of nitrogens with one attached hydrogen (secondary N) is 2. The van der Waals surface area contributed by atoms with Crippen molar-refractivity contribution in [3.05, 3.63) is 65.5 Å². The van der Waals surface area contributed by atoms with Crippen LogP contribution >= 0.6 is 0 Å². The van der Waals surface area contributed by atoms with Crippen molar-refractivity contribution in [2.24, 2.45) is 0 Å². The SMILES string of the molecule is CC(C)(C)c1cncc(CNC[C@@H](O)C(Cc2ccccc2)NC(=O)O)c1. The Kier molecular flexibility index (Phi) is 7.33. The lowest BCUT2D eigenvalue weighted by atomic mass is 9.88. The summed E-state index contributed by atoms with van der Waals surface area (Å²) in [6.45, 7) is 7.24. The van der Waals surface area contributed by atoms with Crippen LogP contribution < -0.4 is 10.6 Å². The normalized spacial score (nSPS) is 13.8. The molecule has 0 aliphatic heterocycles. The first-order valence-corrected chi connectivity index (χ1v) is 9.12. The maximum Gasteiger partial charge on any atom is 0.404 e. The van der Waals surface area contributed by atoms with Gasteiger partial charge >= 0.3 is 6.09 Å². The molecule has 0 bridgehead atoms. The van der Waals surface area contributed by atoms with Gasteiger partial charge in [-0.15, -0.1) is 0 Å². The lowest BCUT2D eigenvalue weighted by Crippen LogP contribution is -2.48. The van der Waals surface area contributed by atoms with Crippen LogP contribution in [0, 0.1) is 0 Å². The average Bonchev–Trinajstić information content (AvgIpc) is 2.61. The van der Waals surface area contributed by atoms with Crippen LogP contribution in [0.25, 0.3) is 0 Å². The molecule has 0 aliphatic rings. The summed E-state index contributed by atoms with van der Waals surface area (Å²) in [6.07, 6.45) is 2.10. The number of aliphatic hydroxyl groups excluding tert-OH is 1. The van der Waals surface area contributed by atoms with Crippen molar-refractivity contribution < 1.29 is 15.0 Å². The number of benzene rings is 1. The Morgan fingerprint density at radius 1 is 1.15 bits per heavy atom. The lowest BCUT2D eigenvalue weighted by molar-refractivity contribution is 0.117. The third-order valence-corrected chi connectivity index (χ3v) is 4.42. The second-order valence-electron chi connectivity index (χ2n) is 7.78. The van der Waals surface area contributed by atoms with E-state index in [9.17, 15) is 9.90 Å². The molecule has 1 amide bonds. The first-order chi connectivity index (χ1) is 12.8. The van der Waals surface area contributed by atoms with Crippen molar-refractivity contribution in [2.45, 2.75) is 51.3 Å². The number of rotatable bonds is 8. The summed E-state index contributed by atoms with van der Waals surface area (Å²) in [5.41, 5.74) is 3.17. The third kappa shape index (κ3) is 7.00. The van der Waals surface area contributed by atoms with Crippen LogP contribution in [0.15, 0.2) is 48.8 Å². The molecule has 0 fully saturated rings. The van der Waals surface area contributed by atoms with E-state index in [0.717, 1.165) is 16.7 Å². The molecule has 2 aromatic rings. The summed E-state index contributed by atoms with van der Waals surface area (Å²) in [5.74, 6) is 0. The summed E-state index contributed by atoms with van der Waals surface area (Å²) in [7, 11) is 0. The fraction of sp³-hybridized carbons (Fsp3) is 0.429. The molecule has 1 aromatic carbocycles. The lowest BCUT2D eigenvalue weighted by Gasteiger charge is -2.24. The van der Waals surface area contributed by atoms with E-state index >= 15 is 0 Å². The second-order valence-corrected chi connectivity index (χ2v) is 7.78. The Labute approximate surface area is 160 Å². The van der Waals surface area contributed by atoms with Crippen molar-refractivity contribution in [1.82, 2.24) is 15.6 Å². The van der Waals surface area contributed by atoms with E-state index in [1.165, 1.54) is 0 Å². The molecule has 0 saturated carbocycles. The van der Waals surface area contributed by atoms with Crippen LogP contribution in [-0.2, 0) is 18.4 Å². The van der Waals surface area contributed by atoms with Gasteiger partial charge in [0.1, 0.15) is 0 Å². The summed E-state index contributed by atoms with van der Waals surface area (Å²) >= 11 is 0. The number of hydrogen-bond acceptors (Lipinski definition) is 4. The smallest absolute Gasteiger partial charge is 0.404 e. The van der Waals surface area contributed by atoms with Crippen LogP contribution in [-0.4, -0.2) is 40.0 Å².